The van der Waals surface area contributed by atoms with Crippen LogP contribution in [0.25, 0.3) is 11.7 Å². The van der Waals surface area contributed by atoms with E-state index in [1.165, 1.54) is 10.5 Å². The van der Waals surface area contributed by atoms with Gasteiger partial charge in [-0.25, -0.2) is 4.98 Å². The number of aromatic nitrogens is 2. The zero-order valence-corrected chi connectivity index (χ0v) is 21.9. The SMILES string of the molecule is CCOC(=O)CC1C(=O)NCCN1c1nc2ccccn2c(=O)c1/C=C1\SC(=S)N(C(C)CC)C1=O. The number of esters is 1. The van der Waals surface area contributed by atoms with Crippen molar-refractivity contribution in [3.63, 3.8) is 0 Å². The number of fused-ring (bicyclic) bond motifs is 1. The van der Waals surface area contributed by atoms with Gasteiger partial charge in [0.05, 0.1) is 23.5 Å². The standard InChI is InChI=1S/C24H27N5O5S2/c1-4-14(3)29-23(33)17(36-24(29)35)12-15-20(26-18-8-6-7-10-28(18)22(15)32)27-11-9-25-21(31)16(27)13-19(30)34-5-2/h6-8,10,12,14,16H,4-5,9,11,13H2,1-3H3,(H,25,31)/b17-12-. The maximum Gasteiger partial charge on any atom is 0.308 e. The molecule has 2 aromatic heterocycles. The summed E-state index contributed by atoms with van der Waals surface area (Å²) in [6.45, 7) is 6.39. The molecule has 0 bridgehead atoms. The maximum atomic E-state index is 13.6. The van der Waals surface area contributed by atoms with Crippen LogP contribution in [0.5, 0.6) is 0 Å². The number of hydrogen-bond acceptors (Lipinski definition) is 9. The quantitative estimate of drug-likeness (QED) is 0.327. The van der Waals surface area contributed by atoms with Crippen molar-refractivity contribution in [2.75, 3.05) is 24.6 Å². The Morgan fingerprint density at radius 3 is 2.83 bits per heavy atom. The van der Waals surface area contributed by atoms with Gasteiger partial charge in [0.1, 0.15) is 21.8 Å². The van der Waals surface area contributed by atoms with Crippen LogP contribution in [-0.2, 0) is 19.1 Å². The van der Waals surface area contributed by atoms with E-state index in [-0.39, 0.29) is 42.3 Å². The lowest BCUT2D eigenvalue weighted by Crippen LogP contribution is -2.57. The molecule has 2 unspecified atom stereocenters. The first-order valence-electron chi connectivity index (χ1n) is 11.7. The maximum absolute atomic E-state index is 13.6. The van der Waals surface area contributed by atoms with Gasteiger partial charge in [0.25, 0.3) is 11.5 Å². The van der Waals surface area contributed by atoms with Crippen molar-refractivity contribution in [2.45, 2.75) is 45.7 Å². The minimum atomic E-state index is -0.919. The highest BCUT2D eigenvalue weighted by Crippen LogP contribution is 2.35. The molecule has 0 spiro atoms. The van der Waals surface area contributed by atoms with Crippen LogP contribution in [0, 0.1) is 0 Å². The van der Waals surface area contributed by atoms with E-state index < -0.39 is 17.6 Å². The summed E-state index contributed by atoms with van der Waals surface area (Å²) < 4.78 is 6.88. The van der Waals surface area contributed by atoms with Crippen molar-refractivity contribution in [3.05, 3.63) is 45.2 Å². The fourth-order valence-electron chi connectivity index (χ4n) is 4.16. The molecule has 2 aliphatic rings. The Morgan fingerprint density at radius 1 is 1.33 bits per heavy atom. The summed E-state index contributed by atoms with van der Waals surface area (Å²) in [7, 11) is 0. The second-order valence-electron chi connectivity index (χ2n) is 8.40. The van der Waals surface area contributed by atoms with Gasteiger partial charge in [-0.3, -0.25) is 28.5 Å². The van der Waals surface area contributed by atoms with Gasteiger partial charge in [0.2, 0.25) is 5.91 Å². The molecule has 2 aromatic rings. The summed E-state index contributed by atoms with van der Waals surface area (Å²) in [5, 5.41) is 2.76. The number of carbonyl (C=O) groups excluding carboxylic acids is 3. The summed E-state index contributed by atoms with van der Waals surface area (Å²) in [6.07, 6.45) is 3.61. The Kier molecular flexibility index (Phi) is 7.74. The zero-order valence-electron chi connectivity index (χ0n) is 20.2. The minimum Gasteiger partial charge on any atom is -0.466 e. The second kappa shape index (κ2) is 10.8. The second-order valence-corrected chi connectivity index (χ2v) is 10.1. The summed E-state index contributed by atoms with van der Waals surface area (Å²) in [5.74, 6) is -0.942. The fraction of sp³-hybridized carbons (Fsp3) is 0.417. The highest BCUT2D eigenvalue weighted by Gasteiger charge is 2.37. The number of thioether (sulfide) groups is 1. The number of anilines is 1. The van der Waals surface area contributed by atoms with Gasteiger partial charge in [-0.05, 0) is 38.5 Å². The molecule has 12 heteroatoms. The Bertz CT molecular complexity index is 1320. The molecule has 190 valence electrons. The van der Waals surface area contributed by atoms with E-state index in [2.05, 4.69) is 5.32 Å². The van der Waals surface area contributed by atoms with Gasteiger partial charge in [-0.2, -0.15) is 0 Å². The molecule has 2 amide bonds. The van der Waals surface area contributed by atoms with E-state index in [1.54, 1.807) is 41.1 Å². The van der Waals surface area contributed by atoms with Gasteiger partial charge in [-0.15, -0.1) is 0 Å². The molecule has 36 heavy (non-hydrogen) atoms. The Hall–Kier alpha value is -3.25. The first-order valence-corrected chi connectivity index (χ1v) is 13.0. The largest absolute Gasteiger partial charge is 0.466 e. The van der Waals surface area contributed by atoms with E-state index in [0.717, 1.165) is 18.2 Å². The molecule has 4 rings (SSSR count). The van der Waals surface area contributed by atoms with Gasteiger partial charge < -0.3 is 15.0 Å². The molecule has 1 N–H and O–H groups in total. The number of amides is 2. The molecule has 2 atom stereocenters. The smallest absolute Gasteiger partial charge is 0.308 e. The topological polar surface area (TPSA) is 113 Å². The van der Waals surface area contributed by atoms with Crippen LogP contribution in [0.2, 0.25) is 0 Å². The third kappa shape index (κ3) is 4.87. The highest BCUT2D eigenvalue weighted by molar-refractivity contribution is 8.26. The Morgan fingerprint density at radius 2 is 2.11 bits per heavy atom. The van der Waals surface area contributed by atoms with Crippen LogP contribution >= 0.6 is 24.0 Å². The van der Waals surface area contributed by atoms with Gasteiger partial charge >= 0.3 is 5.97 Å². The van der Waals surface area contributed by atoms with Crippen molar-refractivity contribution in [3.8, 4) is 0 Å². The summed E-state index contributed by atoms with van der Waals surface area (Å²) >= 11 is 6.57. The molecule has 4 heterocycles. The summed E-state index contributed by atoms with van der Waals surface area (Å²) in [5.41, 5.74) is 0.125. The van der Waals surface area contributed by atoms with Crippen molar-refractivity contribution < 1.29 is 19.1 Å². The number of thiocarbonyl (C=S) groups is 1. The lowest BCUT2D eigenvalue weighted by molar-refractivity contribution is -0.145. The predicted octanol–water partition coefficient (Wildman–Crippen LogP) is 1.95. The molecule has 0 radical (unpaired) electrons. The van der Waals surface area contributed by atoms with Gasteiger partial charge in [-0.1, -0.05) is 37.0 Å². The van der Waals surface area contributed by atoms with E-state index >= 15 is 0 Å². The van der Waals surface area contributed by atoms with Crippen LogP contribution in [0.1, 0.15) is 39.2 Å². The van der Waals surface area contributed by atoms with Gasteiger partial charge in [0, 0.05) is 25.3 Å². The molecule has 2 aliphatic heterocycles. The fourth-order valence-corrected chi connectivity index (χ4v) is 5.60. The lowest BCUT2D eigenvalue weighted by Gasteiger charge is -2.36. The van der Waals surface area contributed by atoms with E-state index in [9.17, 15) is 19.2 Å². The number of piperazine rings is 1. The summed E-state index contributed by atoms with van der Waals surface area (Å²) in [6, 6.07) is 4.14. The molecule has 2 saturated heterocycles. The van der Waals surface area contributed by atoms with E-state index in [0.29, 0.717) is 28.0 Å². The molecular formula is C24H27N5O5S2. The average Bonchev–Trinajstić information content (AvgIpc) is 3.14. The average molecular weight is 530 g/mol. The number of rotatable bonds is 7. The first-order chi connectivity index (χ1) is 17.3. The van der Waals surface area contributed by atoms with Crippen molar-refractivity contribution in [1.29, 1.82) is 0 Å². The molecular weight excluding hydrogens is 502 g/mol. The predicted molar refractivity (Wildman–Crippen MR) is 142 cm³/mol. The summed E-state index contributed by atoms with van der Waals surface area (Å²) in [4.78, 5) is 60.1. The van der Waals surface area contributed by atoms with Crippen molar-refractivity contribution in [1.82, 2.24) is 19.6 Å². The van der Waals surface area contributed by atoms with Crippen LogP contribution in [0.3, 0.4) is 0 Å². The van der Waals surface area contributed by atoms with E-state index in [1.807, 2.05) is 13.8 Å². The van der Waals surface area contributed by atoms with Crippen molar-refractivity contribution >= 4 is 63.6 Å². The minimum absolute atomic E-state index is 0.0848. The Labute approximate surface area is 217 Å². The third-order valence-electron chi connectivity index (χ3n) is 6.15. The monoisotopic (exact) mass is 529 g/mol. The molecule has 0 aliphatic carbocycles. The number of carbonyl (C=O) groups is 3. The number of ether oxygens (including phenoxy) is 1. The number of nitrogens with zero attached hydrogens (tertiary/aromatic N) is 4. The highest BCUT2D eigenvalue weighted by atomic mass is 32.2. The van der Waals surface area contributed by atoms with Crippen molar-refractivity contribution in [2.24, 2.45) is 0 Å². The zero-order chi connectivity index (χ0) is 26.0. The lowest BCUT2D eigenvalue weighted by atomic mass is 10.1. The molecule has 2 fully saturated rings. The number of pyridine rings is 1. The normalized spacial score (nSPS) is 20.2. The van der Waals surface area contributed by atoms with E-state index in [4.69, 9.17) is 21.9 Å². The van der Waals surface area contributed by atoms with Crippen LogP contribution < -0.4 is 15.8 Å². The molecule has 0 aromatic carbocycles. The molecule has 0 saturated carbocycles. The van der Waals surface area contributed by atoms with Gasteiger partial charge in [0.15, 0.2) is 0 Å². The van der Waals surface area contributed by atoms with Crippen LogP contribution in [0.4, 0.5) is 5.82 Å². The number of nitrogens with one attached hydrogen (secondary N) is 1. The molecule has 10 nitrogen and oxygen atoms in total. The number of hydrogen-bond donors (Lipinski definition) is 1. The first kappa shape index (κ1) is 25.8. The third-order valence-corrected chi connectivity index (χ3v) is 7.48. The Balaban J connectivity index is 1.86. The van der Waals surface area contributed by atoms with Crippen LogP contribution in [-0.4, -0.2) is 68.2 Å². The van der Waals surface area contributed by atoms with Crippen LogP contribution in [0.15, 0.2) is 34.1 Å².